The number of carbonyl (C=O) groups excluding carboxylic acids is 1. The summed E-state index contributed by atoms with van der Waals surface area (Å²) in [6.07, 6.45) is 10.9. The van der Waals surface area contributed by atoms with E-state index in [9.17, 15) is 9.59 Å². The highest BCUT2D eigenvalue weighted by molar-refractivity contribution is 5.83. The predicted octanol–water partition coefficient (Wildman–Crippen LogP) is 3.28. The fraction of sp³-hybridized carbons (Fsp3) is 0.500. The Labute approximate surface area is 147 Å². The van der Waals surface area contributed by atoms with Gasteiger partial charge in [-0.05, 0) is 50.7 Å². The molecule has 0 bridgehead atoms. The highest BCUT2D eigenvalue weighted by Crippen LogP contribution is 2.25. The summed E-state index contributed by atoms with van der Waals surface area (Å²) >= 11 is 0. The van der Waals surface area contributed by atoms with Gasteiger partial charge in [-0.2, -0.15) is 0 Å². The van der Waals surface area contributed by atoms with Crippen LogP contribution >= 0.6 is 0 Å². The molecule has 5 heteroatoms. The minimum Gasteiger partial charge on any atom is -0.352 e. The summed E-state index contributed by atoms with van der Waals surface area (Å²) in [5.41, 5.74) is 2.70. The van der Waals surface area contributed by atoms with E-state index in [1.54, 1.807) is 9.13 Å². The number of hydrogen-bond acceptors (Lipinski definition) is 2. The van der Waals surface area contributed by atoms with E-state index in [0.717, 1.165) is 48.8 Å². The molecule has 2 aliphatic carbocycles. The summed E-state index contributed by atoms with van der Waals surface area (Å²) in [5.74, 6) is -0.0606. The Morgan fingerprint density at radius 3 is 2.56 bits per heavy atom. The van der Waals surface area contributed by atoms with Crippen LogP contribution in [-0.4, -0.2) is 21.1 Å². The van der Waals surface area contributed by atoms with E-state index in [-0.39, 0.29) is 24.2 Å². The molecular formula is C20H25N3O2. The Morgan fingerprint density at radius 1 is 1.08 bits per heavy atom. The molecule has 1 aromatic carbocycles. The lowest BCUT2D eigenvalue weighted by atomic mass is 10.0. The smallest absolute Gasteiger partial charge is 0.333 e. The average Bonchev–Trinajstić information content (AvgIpc) is 3.23. The van der Waals surface area contributed by atoms with E-state index in [2.05, 4.69) is 11.4 Å². The van der Waals surface area contributed by atoms with Gasteiger partial charge in [0.15, 0.2) is 0 Å². The zero-order valence-electron chi connectivity index (χ0n) is 14.5. The number of allylic oxidation sites excluding steroid dienone is 2. The topological polar surface area (TPSA) is 56.0 Å². The van der Waals surface area contributed by atoms with Gasteiger partial charge in [0.25, 0.3) is 0 Å². The molecule has 1 saturated carbocycles. The van der Waals surface area contributed by atoms with Crippen molar-refractivity contribution in [2.75, 3.05) is 0 Å². The van der Waals surface area contributed by atoms with Crippen LogP contribution in [0.2, 0.25) is 0 Å². The molecule has 0 atom stereocenters. The maximum Gasteiger partial charge on any atom is 0.333 e. The molecule has 2 aromatic rings. The number of fused-ring (bicyclic) bond motifs is 1. The molecule has 5 nitrogen and oxygen atoms in total. The first kappa shape index (κ1) is 16.2. The highest BCUT2D eigenvalue weighted by atomic mass is 16.2. The second kappa shape index (κ2) is 6.90. The number of aromatic nitrogens is 2. The SMILES string of the molecule is O=C(Cn1c(=O)n(C2=CCCCC2)c2ccccc21)NC1CCCC1. The van der Waals surface area contributed by atoms with Crippen molar-refractivity contribution >= 4 is 22.6 Å². The van der Waals surface area contributed by atoms with Crippen LogP contribution < -0.4 is 11.0 Å². The Morgan fingerprint density at radius 2 is 1.84 bits per heavy atom. The number of benzene rings is 1. The van der Waals surface area contributed by atoms with Crippen molar-refractivity contribution in [3.8, 4) is 0 Å². The van der Waals surface area contributed by atoms with E-state index in [4.69, 9.17) is 0 Å². The predicted molar refractivity (Wildman–Crippen MR) is 99.3 cm³/mol. The number of amides is 1. The van der Waals surface area contributed by atoms with E-state index in [1.165, 1.54) is 19.3 Å². The van der Waals surface area contributed by atoms with Crippen molar-refractivity contribution in [1.29, 1.82) is 0 Å². The van der Waals surface area contributed by atoms with Gasteiger partial charge in [0, 0.05) is 11.7 Å². The molecule has 1 N–H and O–H groups in total. The van der Waals surface area contributed by atoms with Crippen LogP contribution in [-0.2, 0) is 11.3 Å². The van der Waals surface area contributed by atoms with Crippen LogP contribution in [0.5, 0.6) is 0 Å². The number of nitrogens with zero attached hydrogens (tertiary/aromatic N) is 2. The third-order valence-electron chi connectivity index (χ3n) is 5.41. The third kappa shape index (κ3) is 3.15. The fourth-order valence-corrected chi connectivity index (χ4v) is 4.15. The molecule has 2 aliphatic rings. The van der Waals surface area contributed by atoms with Gasteiger partial charge in [0.05, 0.1) is 11.0 Å². The molecule has 4 rings (SSSR count). The number of nitrogens with one attached hydrogen (secondary N) is 1. The molecule has 0 radical (unpaired) electrons. The minimum absolute atomic E-state index is 0.0606. The van der Waals surface area contributed by atoms with Gasteiger partial charge in [-0.15, -0.1) is 0 Å². The third-order valence-corrected chi connectivity index (χ3v) is 5.41. The highest BCUT2D eigenvalue weighted by Gasteiger charge is 2.21. The van der Waals surface area contributed by atoms with Crippen molar-refractivity contribution in [1.82, 2.24) is 14.5 Å². The number of para-hydroxylation sites is 2. The lowest BCUT2D eigenvalue weighted by Gasteiger charge is -2.13. The van der Waals surface area contributed by atoms with E-state index in [1.807, 2.05) is 24.3 Å². The van der Waals surface area contributed by atoms with Crippen molar-refractivity contribution in [3.05, 3.63) is 40.8 Å². The quantitative estimate of drug-likeness (QED) is 0.929. The average molecular weight is 339 g/mol. The minimum atomic E-state index is -0.101. The lowest BCUT2D eigenvalue weighted by molar-refractivity contribution is -0.122. The summed E-state index contributed by atoms with van der Waals surface area (Å²) < 4.78 is 3.42. The van der Waals surface area contributed by atoms with E-state index >= 15 is 0 Å². The van der Waals surface area contributed by atoms with Crippen LogP contribution in [0.25, 0.3) is 16.7 Å². The first-order chi connectivity index (χ1) is 12.2. The zero-order valence-corrected chi connectivity index (χ0v) is 14.5. The van der Waals surface area contributed by atoms with Crippen molar-refractivity contribution in [3.63, 3.8) is 0 Å². The van der Waals surface area contributed by atoms with Gasteiger partial charge in [-0.1, -0.05) is 31.1 Å². The Bertz CT molecular complexity index is 869. The van der Waals surface area contributed by atoms with Gasteiger partial charge >= 0.3 is 5.69 Å². The van der Waals surface area contributed by atoms with Crippen molar-refractivity contribution in [2.45, 2.75) is 64.0 Å². The first-order valence-corrected chi connectivity index (χ1v) is 9.43. The second-order valence-corrected chi connectivity index (χ2v) is 7.18. The van der Waals surface area contributed by atoms with Crippen LogP contribution in [0, 0.1) is 0 Å². The van der Waals surface area contributed by atoms with Crippen molar-refractivity contribution in [2.24, 2.45) is 0 Å². The number of imidazole rings is 1. The van der Waals surface area contributed by atoms with Gasteiger partial charge in [-0.3, -0.25) is 13.9 Å². The van der Waals surface area contributed by atoms with Crippen molar-refractivity contribution < 1.29 is 4.79 Å². The fourth-order valence-electron chi connectivity index (χ4n) is 4.15. The molecule has 1 fully saturated rings. The lowest BCUT2D eigenvalue weighted by Crippen LogP contribution is -2.37. The molecule has 0 saturated heterocycles. The molecule has 132 valence electrons. The summed E-state index contributed by atoms with van der Waals surface area (Å²) in [7, 11) is 0. The van der Waals surface area contributed by atoms with Gasteiger partial charge < -0.3 is 5.32 Å². The number of hydrogen-bond donors (Lipinski definition) is 1. The molecule has 1 aromatic heterocycles. The van der Waals surface area contributed by atoms with Crippen LogP contribution in [0.1, 0.15) is 51.4 Å². The largest absolute Gasteiger partial charge is 0.352 e. The van der Waals surface area contributed by atoms with Gasteiger partial charge in [0.1, 0.15) is 6.54 Å². The second-order valence-electron chi connectivity index (χ2n) is 7.18. The summed E-state index contributed by atoms with van der Waals surface area (Å²) in [6, 6.07) is 8.05. The van der Waals surface area contributed by atoms with Crippen LogP contribution in [0.3, 0.4) is 0 Å². The van der Waals surface area contributed by atoms with Crippen LogP contribution in [0.4, 0.5) is 0 Å². The van der Waals surface area contributed by atoms with Gasteiger partial charge in [-0.25, -0.2) is 4.79 Å². The maximum atomic E-state index is 13.1. The number of carbonyl (C=O) groups is 1. The molecule has 0 spiro atoms. The monoisotopic (exact) mass is 339 g/mol. The molecule has 0 aliphatic heterocycles. The normalized spacial score (nSPS) is 18.5. The van der Waals surface area contributed by atoms with Crippen LogP contribution in [0.15, 0.2) is 35.1 Å². The number of rotatable bonds is 4. The first-order valence-electron chi connectivity index (χ1n) is 9.43. The Kier molecular flexibility index (Phi) is 4.47. The zero-order chi connectivity index (χ0) is 17.2. The molecular weight excluding hydrogens is 314 g/mol. The Hall–Kier alpha value is -2.30. The molecule has 1 heterocycles. The van der Waals surface area contributed by atoms with Gasteiger partial charge in [0.2, 0.25) is 5.91 Å². The molecule has 1 amide bonds. The van der Waals surface area contributed by atoms with E-state index < -0.39 is 0 Å². The maximum absolute atomic E-state index is 13.1. The Balaban J connectivity index is 1.69. The molecule has 25 heavy (non-hydrogen) atoms. The summed E-state index contributed by atoms with van der Waals surface area (Å²) in [5, 5.41) is 3.09. The summed E-state index contributed by atoms with van der Waals surface area (Å²) in [4.78, 5) is 25.5. The molecule has 0 unspecified atom stereocenters. The standard InChI is InChI=1S/C20H25N3O2/c24-19(21-15-8-4-5-9-15)14-22-17-12-6-7-13-18(17)23(20(22)25)16-10-2-1-3-11-16/h6-7,10,12-13,15H,1-5,8-9,11,14H2,(H,21,24). The van der Waals surface area contributed by atoms with E-state index in [0.29, 0.717) is 0 Å². The summed E-state index contributed by atoms with van der Waals surface area (Å²) in [6.45, 7) is 0.0934.